The van der Waals surface area contributed by atoms with Crippen molar-refractivity contribution in [3.63, 3.8) is 0 Å². The van der Waals surface area contributed by atoms with Crippen LogP contribution in [0.25, 0.3) is 0 Å². The molecular formula is C25H42N4O2. The zero-order valence-corrected chi connectivity index (χ0v) is 19.7. The average molecular weight is 431 g/mol. The van der Waals surface area contributed by atoms with E-state index >= 15 is 0 Å². The van der Waals surface area contributed by atoms with Crippen molar-refractivity contribution in [3.05, 3.63) is 35.4 Å². The number of nitrogens with zero attached hydrogens (tertiary/aromatic N) is 2. The van der Waals surface area contributed by atoms with Crippen LogP contribution in [-0.2, 0) is 22.4 Å². The fraction of sp³-hybridized carbons (Fsp3) is 0.720. The summed E-state index contributed by atoms with van der Waals surface area (Å²) in [6.07, 6.45) is 4.39. The van der Waals surface area contributed by atoms with Gasteiger partial charge in [-0.1, -0.05) is 38.1 Å². The van der Waals surface area contributed by atoms with Crippen LogP contribution >= 0.6 is 0 Å². The summed E-state index contributed by atoms with van der Waals surface area (Å²) >= 11 is 0. The molecule has 31 heavy (non-hydrogen) atoms. The largest absolute Gasteiger partial charge is 0.381 e. The summed E-state index contributed by atoms with van der Waals surface area (Å²) < 4.78 is 11.3. The lowest BCUT2D eigenvalue weighted by Crippen LogP contribution is -2.50. The van der Waals surface area contributed by atoms with E-state index in [2.05, 4.69) is 58.6 Å². The Morgan fingerprint density at radius 3 is 2.71 bits per heavy atom. The first kappa shape index (κ1) is 24.0. The highest BCUT2D eigenvalue weighted by atomic mass is 16.5. The van der Waals surface area contributed by atoms with Gasteiger partial charge in [-0.05, 0) is 48.6 Å². The first-order chi connectivity index (χ1) is 15.2. The number of guanidine groups is 1. The van der Waals surface area contributed by atoms with Crippen molar-refractivity contribution in [1.29, 1.82) is 0 Å². The second kappa shape index (κ2) is 13.0. The first-order valence-electron chi connectivity index (χ1n) is 12.1. The Morgan fingerprint density at radius 1 is 1.19 bits per heavy atom. The van der Waals surface area contributed by atoms with Gasteiger partial charge in [-0.3, -0.25) is 9.89 Å². The van der Waals surface area contributed by atoms with E-state index in [1.165, 1.54) is 11.1 Å². The minimum Gasteiger partial charge on any atom is -0.381 e. The highest BCUT2D eigenvalue weighted by molar-refractivity contribution is 5.79. The molecule has 2 N–H and O–H groups in total. The molecule has 0 bridgehead atoms. The lowest BCUT2D eigenvalue weighted by Gasteiger charge is -2.38. The zero-order chi connectivity index (χ0) is 21.9. The van der Waals surface area contributed by atoms with E-state index in [-0.39, 0.29) is 0 Å². The average Bonchev–Trinajstić information content (AvgIpc) is 2.80. The maximum absolute atomic E-state index is 5.86. The van der Waals surface area contributed by atoms with E-state index in [1.54, 1.807) is 0 Å². The van der Waals surface area contributed by atoms with Gasteiger partial charge in [-0.15, -0.1) is 0 Å². The Bertz CT molecular complexity index is 673. The Labute approximate surface area is 188 Å². The Balaban J connectivity index is 1.35. The number of nitrogens with one attached hydrogen (secondary N) is 2. The van der Waals surface area contributed by atoms with Crippen LogP contribution in [0, 0.1) is 11.8 Å². The molecule has 1 aromatic carbocycles. The molecule has 3 rings (SSSR count). The van der Waals surface area contributed by atoms with Crippen LogP contribution < -0.4 is 10.6 Å². The number of ether oxygens (including phenoxy) is 2. The maximum atomic E-state index is 5.86. The quantitative estimate of drug-likeness (QED) is 0.339. The molecule has 0 saturated carbocycles. The minimum atomic E-state index is 0.481. The van der Waals surface area contributed by atoms with Crippen LogP contribution in [0.15, 0.2) is 29.3 Å². The van der Waals surface area contributed by atoms with Crippen molar-refractivity contribution < 1.29 is 9.47 Å². The normalized spacial score (nSPS) is 19.3. The van der Waals surface area contributed by atoms with Crippen molar-refractivity contribution in [2.45, 2.75) is 52.1 Å². The molecule has 1 fully saturated rings. The van der Waals surface area contributed by atoms with Gasteiger partial charge < -0.3 is 20.1 Å². The monoisotopic (exact) mass is 430 g/mol. The fourth-order valence-corrected chi connectivity index (χ4v) is 4.55. The molecule has 2 aliphatic rings. The first-order valence-corrected chi connectivity index (χ1v) is 12.1. The third-order valence-corrected chi connectivity index (χ3v) is 6.55. The van der Waals surface area contributed by atoms with Gasteiger partial charge in [-0.25, -0.2) is 0 Å². The molecule has 0 aromatic heterocycles. The summed E-state index contributed by atoms with van der Waals surface area (Å²) in [7, 11) is 1.85. The molecule has 2 heterocycles. The molecule has 0 radical (unpaired) electrons. The lowest BCUT2D eigenvalue weighted by molar-refractivity contribution is 0.0203. The summed E-state index contributed by atoms with van der Waals surface area (Å²) in [6, 6.07) is 9.34. The van der Waals surface area contributed by atoms with Crippen molar-refractivity contribution in [1.82, 2.24) is 15.5 Å². The molecule has 1 aromatic rings. The number of benzene rings is 1. The van der Waals surface area contributed by atoms with Crippen LogP contribution in [0.5, 0.6) is 0 Å². The molecule has 0 amide bonds. The molecule has 1 unspecified atom stereocenters. The number of fused-ring (bicyclic) bond motifs is 1. The van der Waals surface area contributed by atoms with Crippen LogP contribution in [0.2, 0.25) is 0 Å². The number of hydrogen-bond acceptors (Lipinski definition) is 4. The Kier molecular flexibility index (Phi) is 10.1. The van der Waals surface area contributed by atoms with E-state index < -0.39 is 0 Å². The van der Waals surface area contributed by atoms with Gasteiger partial charge in [0.25, 0.3) is 0 Å². The third kappa shape index (κ3) is 7.78. The van der Waals surface area contributed by atoms with Crippen molar-refractivity contribution >= 4 is 5.96 Å². The topological polar surface area (TPSA) is 58.1 Å². The van der Waals surface area contributed by atoms with Crippen LogP contribution in [0.4, 0.5) is 0 Å². The number of aliphatic imine (C=N–C) groups is 1. The molecule has 0 spiro atoms. The Morgan fingerprint density at radius 2 is 1.97 bits per heavy atom. The van der Waals surface area contributed by atoms with E-state index in [0.29, 0.717) is 17.9 Å². The SMILES string of the molecule is CN=C(NCCCOCC1CCOCC1)NCC(C(C)C)N1CCc2ccccc2C1. The highest BCUT2D eigenvalue weighted by Crippen LogP contribution is 2.22. The van der Waals surface area contributed by atoms with Gasteiger partial charge in [0.05, 0.1) is 0 Å². The summed E-state index contributed by atoms with van der Waals surface area (Å²) in [6.45, 7) is 12.0. The number of hydrogen-bond donors (Lipinski definition) is 2. The van der Waals surface area contributed by atoms with Gasteiger partial charge in [-0.2, -0.15) is 0 Å². The van der Waals surface area contributed by atoms with E-state index in [9.17, 15) is 0 Å². The molecule has 1 atom stereocenters. The lowest BCUT2D eigenvalue weighted by atomic mass is 9.95. The van der Waals surface area contributed by atoms with Crippen molar-refractivity contribution in [2.75, 3.05) is 53.1 Å². The minimum absolute atomic E-state index is 0.481. The molecular weight excluding hydrogens is 388 g/mol. The molecule has 6 nitrogen and oxygen atoms in total. The Hall–Kier alpha value is -1.63. The zero-order valence-electron chi connectivity index (χ0n) is 19.7. The maximum Gasteiger partial charge on any atom is 0.191 e. The van der Waals surface area contributed by atoms with Gasteiger partial charge in [0.15, 0.2) is 5.96 Å². The fourth-order valence-electron chi connectivity index (χ4n) is 4.55. The van der Waals surface area contributed by atoms with E-state index in [1.807, 2.05) is 7.05 Å². The van der Waals surface area contributed by atoms with Crippen molar-refractivity contribution in [2.24, 2.45) is 16.8 Å². The van der Waals surface area contributed by atoms with Gasteiger partial charge >= 0.3 is 0 Å². The number of rotatable bonds is 10. The second-order valence-electron chi connectivity index (χ2n) is 9.16. The summed E-state index contributed by atoms with van der Waals surface area (Å²) in [4.78, 5) is 7.04. The van der Waals surface area contributed by atoms with Gasteiger partial charge in [0.2, 0.25) is 0 Å². The molecule has 0 aliphatic carbocycles. The van der Waals surface area contributed by atoms with Gasteiger partial charge in [0, 0.05) is 65.7 Å². The second-order valence-corrected chi connectivity index (χ2v) is 9.16. The molecule has 174 valence electrons. The smallest absolute Gasteiger partial charge is 0.191 e. The molecule has 1 saturated heterocycles. The standard InChI is InChI=1S/C25H42N4O2/c1-20(2)24(29-13-9-22-7-4-5-8-23(22)18-29)17-28-25(26-3)27-12-6-14-31-19-21-10-15-30-16-11-21/h4-5,7-8,20-21,24H,6,9-19H2,1-3H3,(H2,26,27,28). The van der Waals surface area contributed by atoms with Crippen LogP contribution in [0.1, 0.15) is 44.2 Å². The van der Waals surface area contributed by atoms with Gasteiger partial charge in [0.1, 0.15) is 0 Å². The predicted molar refractivity (Wildman–Crippen MR) is 128 cm³/mol. The van der Waals surface area contributed by atoms with Crippen molar-refractivity contribution in [3.8, 4) is 0 Å². The molecule has 6 heteroatoms. The predicted octanol–water partition coefficient (Wildman–Crippen LogP) is 3.07. The van der Waals surface area contributed by atoms with E-state index in [0.717, 1.165) is 84.2 Å². The van der Waals surface area contributed by atoms with E-state index in [4.69, 9.17) is 9.47 Å². The molecule has 2 aliphatic heterocycles. The van der Waals surface area contributed by atoms with Crippen LogP contribution in [-0.4, -0.2) is 70.0 Å². The summed E-state index contributed by atoms with van der Waals surface area (Å²) in [5.41, 5.74) is 2.98. The third-order valence-electron chi connectivity index (χ3n) is 6.55. The highest BCUT2D eigenvalue weighted by Gasteiger charge is 2.25. The summed E-state index contributed by atoms with van der Waals surface area (Å²) in [5, 5.41) is 7.00. The van der Waals surface area contributed by atoms with Crippen LogP contribution in [0.3, 0.4) is 0 Å². The summed E-state index contributed by atoms with van der Waals surface area (Å²) in [5.74, 6) is 2.13.